The fraction of sp³-hybridized carbons (Fsp3) is 0.652. The van der Waals surface area contributed by atoms with Crippen LogP contribution in [0.4, 0.5) is 18.9 Å². The molecule has 4 aliphatic rings. The molecule has 1 aliphatic carbocycles. The van der Waals surface area contributed by atoms with Gasteiger partial charge < -0.3 is 14.4 Å². The predicted octanol–water partition coefficient (Wildman–Crippen LogP) is 3.52. The molecule has 0 radical (unpaired) electrons. The Morgan fingerprint density at radius 1 is 1.03 bits per heavy atom. The molecule has 5 rings (SSSR count). The zero-order chi connectivity index (χ0) is 22.9. The zero-order valence-electron chi connectivity index (χ0n) is 18.2. The molecule has 0 N–H and O–H groups in total. The van der Waals surface area contributed by atoms with Crippen molar-refractivity contribution in [2.75, 3.05) is 24.5 Å². The maximum absolute atomic E-state index is 13.4. The molecule has 1 spiro atoms. The van der Waals surface area contributed by atoms with Crippen LogP contribution < -0.4 is 4.90 Å². The number of carbonyl (C=O) groups excluding carboxylic acids is 2. The quantitative estimate of drug-likeness (QED) is 0.480. The maximum Gasteiger partial charge on any atom is 0.416 e. The van der Waals surface area contributed by atoms with E-state index in [9.17, 15) is 22.8 Å². The summed E-state index contributed by atoms with van der Waals surface area (Å²) < 4.78 is 51.2. The number of piperazine rings is 1. The summed E-state index contributed by atoms with van der Waals surface area (Å²) in [7, 11) is 0. The lowest BCUT2D eigenvalue weighted by Gasteiger charge is -2.55. The summed E-state index contributed by atoms with van der Waals surface area (Å²) >= 11 is 0. The average Bonchev–Trinajstić information content (AvgIpc) is 3.24. The molecule has 32 heavy (non-hydrogen) atoms. The van der Waals surface area contributed by atoms with E-state index in [1.807, 2.05) is 4.90 Å². The van der Waals surface area contributed by atoms with E-state index < -0.39 is 40.9 Å². The highest BCUT2D eigenvalue weighted by Gasteiger charge is 2.65. The van der Waals surface area contributed by atoms with Gasteiger partial charge in [0, 0.05) is 51.6 Å². The minimum Gasteiger partial charge on any atom is -0.422 e. The number of hydrogen-bond donors (Lipinski definition) is 0. The van der Waals surface area contributed by atoms with Crippen LogP contribution in [0.3, 0.4) is 0 Å². The van der Waals surface area contributed by atoms with Gasteiger partial charge >= 0.3 is 18.1 Å². The maximum atomic E-state index is 13.4. The first-order valence-electron chi connectivity index (χ1n) is 11.2. The predicted molar refractivity (Wildman–Crippen MR) is 109 cm³/mol. The summed E-state index contributed by atoms with van der Waals surface area (Å²) in [5.74, 6) is -2.84. The molecule has 1 unspecified atom stereocenters. The molecule has 0 bridgehead atoms. The van der Waals surface area contributed by atoms with Gasteiger partial charge in [0.2, 0.25) is 0 Å². The number of hydrogen-bond acceptors (Lipinski definition) is 6. The number of benzene rings is 1. The van der Waals surface area contributed by atoms with E-state index in [1.54, 1.807) is 0 Å². The second-order valence-electron chi connectivity index (χ2n) is 9.81. The molecule has 3 aliphatic heterocycles. The van der Waals surface area contributed by atoms with Gasteiger partial charge in [-0.1, -0.05) is 12.8 Å². The number of fused-ring (bicyclic) bond motifs is 4. The Balaban J connectivity index is 1.60. The topological polar surface area (TPSA) is 59.1 Å². The lowest BCUT2D eigenvalue weighted by Crippen LogP contribution is -2.71. The molecular formula is C23H27F3N2O4. The molecule has 174 valence electrons. The van der Waals surface area contributed by atoms with Gasteiger partial charge in [-0.2, -0.15) is 13.2 Å². The molecule has 3 heterocycles. The molecule has 1 aromatic carbocycles. The van der Waals surface area contributed by atoms with Crippen LogP contribution in [-0.2, 0) is 31.7 Å². The van der Waals surface area contributed by atoms with Crippen LogP contribution in [0.15, 0.2) is 18.2 Å². The van der Waals surface area contributed by atoms with E-state index in [0.29, 0.717) is 30.4 Å². The van der Waals surface area contributed by atoms with Gasteiger partial charge in [-0.3, -0.25) is 14.5 Å². The van der Waals surface area contributed by atoms with Gasteiger partial charge in [0.25, 0.3) is 5.79 Å². The second-order valence-corrected chi connectivity index (χ2v) is 9.81. The van der Waals surface area contributed by atoms with Gasteiger partial charge in [-0.15, -0.1) is 0 Å². The molecule has 1 aromatic rings. The Bertz CT molecular complexity index is 935. The summed E-state index contributed by atoms with van der Waals surface area (Å²) in [6.07, 6.45) is -0.222. The van der Waals surface area contributed by atoms with Gasteiger partial charge in [-0.05, 0) is 36.6 Å². The van der Waals surface area contributed by atoms with E-state index in [0.717, 1.165) is 44.4 Å². The third-order valence-electron chi connectivity index (χ3n) is 7.41. The summed E-state index contributed by atoms with van der Waals surface area (Å²) in [4.78, 5) is 31.0. The van der Waals surface area contributed by atoms with Crippen molar-refractivity contribution < 1.29 is 32.2 Å². The number of carbonyl (C=O) groups is 2. The molecule has 0 aromatic heterocycles. The third kappa shape index (κ3) is 3.27. The molecule has 2 saturated heterocycles. The Morgan fingerprint density at radius 3 is 2.31 bits per heavy atom. The highest BCUT2D eigenvalue weighted by Crippen LogP contribution is 2.49. The van der Waals surface area contributed by atoms with Crippen LogP contribution in [0.2, 0.25) is 0 Å². The molecule has 1 atom stereocenters. The number of halogens is 3. The van der Waals surface area contributed by atoms with E-state index >= 15 is 0 Å². The first-order chi connectivity index (χ1) is 15.0. The first kappa shape index (κ1) is 21.6. The van der Waals surface area contributed by atoms with Crippen molar-refractivity contribution in [1.82, 2.24) is 4.90 Å². The van der Waals surface area contributed by atoms with Crippen molar-refractivity contribution in [1.29, 1.82) is 0 Å². The fourth-order valence-corrected chi connectivity index (χ4v) is 5.87. The number of alkyl halides is 3. The average molecular weight is 452 g/mol. The van der Waals surface area contributed by atoms with Crippen LogP contribution in [0.5, 0.6) is 0 Å². The standard InChI is InChI=1S/C23H27F3N2O4/c1-21(2)31-19(29)22(20(30)32-21)12-14-11-15(23(24,25)26)7-8-17(14)28-10-9-27(13-18(22)28)16-5-3-4-6-16/h7-8,11,16,18H,3-6,9-10,12-13H2,1-2H3. The van der Waals surface area contributed by atoms with Gasteiger partial charge in [0.05, 0.1) is 11.6 Å². The number of rotatable bonds is 1. The van der Waals surface area contributed by atoms with Crippen molar-refractivity contribution in [3.63, 3.8) is 0 Å². The van der Waals surface area contributed by atoms with Crippen molar-refractivity contribution in [2.24, 2.45) is 5.41 Å². The Kier molecular flexibility index (Phi) is 4.78. The molecule has 3 fully saturated rings. The van der Waals surface area contributed by atoms with Crippen LogP contribution in [0, 0.1) is 5.41 Å². The molecule has 1 saturated carbocycles. The van der Waals surface area contributed by atoms with Gasteiger partial charge in [0.15, 0.2) is 5.41 Å². The number of esters is 2. The van der Waals surface area contributed by atoms with Crippen LogP contribution in [0.1, 0.15) is 50.7 Å². The lowest BCUT2D eigenvalue weighted by atomic mass is 9.69. The first-order valence-corrected chi connectivity index (χ1v) is 11.2. The van der Waals surface area contributed by atoms with Crippen molar-refractivity contribution in [2.45, 2.75) is 70.0 Å². The van der Waals surface area contributed by atoms with E-state index in [2.05, 4.69) is 4.90 Å². The number of ether oxygens (including phenoxy) is 2. The van der Waals surface area contributed by atoms with Crippen molar-refractivity contribution in [3.8, 4) is 0 Å². The normalized spacial score (nSPS) is 27.7. The zero-order valence-corrected chi connectivity index (χ0v) is 18.2. The summed E-state index contributed by atoms with van der Waals surface area (Å²) in [6.45, 7) is 4.68. The number of cyclic esters (lactones) is 2. The van der Waals surface area contributed by atoms with E-state index in [-0.39, 0.29) is 6.42 Å². The number of nitrogens with zero attached hydrogens (tertiary/aromatic N) is 2. The SMILES string of the molecule is CC1(C)OC(=O)C2(Cc3cc(C(F)(F)F)ccc3N3CCN(C4CCCC4)CC32)C(=O)O1. The van der Waals surface area contributed by atoms with Crippen molar-refractivity contribution >= 4 is 17.6 Å². The minimum absolute atomic E-state index is 0.167. The van der Waals surface area contributed by atoms with Gasteiger partial charge in [-0.25, -0.2) is 0 Å². The molecule has 6 nitrogen and oxygen atoms in total. The largest absolute Gasteiger partial charge is 0.422 e. The van der Waals surface area contributed by atoms with Crippen molar-refractivity contribution in [3.05, 3.63) is 29.3 Å². The van der Waals surface area contributed by atoms with Gasteiger partial charge in [0.1, 0.15) is 0 Å². The number of anilines is 1. The van der Waals surface area contributed by atoms with E-state index in [1.165, 1.54) is 19.9 Å². The van der Waals surface area contributed by atoms with Crippen LogP contribution in [-0.4, -0.2) is 54.3 Å². The highest BCUT2D eigenvalue weighted by atomic mass is 19.4. The van der Waals surface area contributed by atoms with E-state index in [4.69, 9.17) is 9.47 Å². The van der Waals surface area contributed by atoms with Crippen LogP contribution in [0.25, 0.3) is 0 Å². The monoisotopic (exact) mass is 452 g/mol. The highest BCUT2D eigenvalue weighted by molar-refractivity contribution is 6.04. The Morgan fingerprint density at radius 2 is 1.69 bits per heavy atom. The third-order valence-corrected chi connectivity index (χ3v) is 7.41. The molecule has 0 amide bonds. The lowest BCUT2D eigenvalue weighted by molar-refractivity contribution is -0.253. The summed E-state index contributed by atoms with van der Waals surface area (Å²) in [6, 6.07) is 3.43. The Labute approximate surface area is 184 Å². The fourth-order valence-electron chi connectivity index (χ4n) is 5.87. The molecular weight excluding hydrogens is 425 g/mol. The summed E-state index contributed by atoms with van der Waals surface area (Å²) in [5.41, 5.74) is -1.53. The van der Waals surface area contributed by atoms with Crippen LogP contribution >= 0.6 is 0 Å². The Hall–Kier alpha value is -2.29. The smallest absolute Gasteiger partial charge is 0.416 e. The summed E-state index contributed by atoms with van der Waals surface area (Å²) in [5, 5.41) is 0. The molecule has 9 heteroatoms. The minimum atomic E-state index is -4.52. The second kappa shape index (κ2) is 7.10.